The second-order valence-electron chi connectivity index (χ2n) is 5.61. The van der Waals surface area contributed by atoms with E-state index in [1.165, 1.54) is 18.2 Å². The minimum atomic E-state index is -0.738. The second-order valence-corrected chi connectivity index (χ2v) is 5.61. The van der Waals surface area contributed by atoms with Crippen LogP contribution in [0.1, 0.15) is 39.7 Å². The normalized spacial score (nSPS) is 10.3. The van der Waals surface area contributed by atoms with Crippen molar-refractivity contribution in [3.63, 3.8) is 0 Å². The van der Waals surface area contributed by atoms with Gasteiger partial charge in [0.1, 0.15) is 17.8 Å². The van der Waals surface area contributed by atoms with Gasteiger partial charge in [0.25, 0.3) is 0 Å². The molecule has 6 heteroatoms. The van der Waals surface area contributed by atoms with Crippen molar-refractivity contribution in [3.05, 3.63) is 29.6 Å². The van der Waals surface area contributed by atoms with Crippen molar-refractivity contribution < 1.29 is 23.5 Å². The van der Waals surface area contributed by atoms with Crippen LogP contribution in [0, 0.1) is 17.7 Å². The summed E-state index contributed by atoms with van der Waals surface area (Å²) in [6, 6.07) is 4.09. The summed E-state index contributed by atoms with van der Waals surface area (Å²) in [6.07, 6.45) is -0.801. The molecular formula is C17H20FNO4. The SMILES string of the molecule is CCOC(=O)CC#Cc1ccc(NC(=O)OC(C)(C)C)c(F)c1. The molecule has 0 radical (unpaired) electrons. The predicted octanol–water partition coefficient (Wildman–Crippen LogP) is 3.48. The highest BCUT2D eigenvalue weighted by Crippen LogP contribution is 2.17. The highest BCUT2D eigenvalue weighted by molar-refractivity contribution is 5.85. The van der Waals surface area contributed by atoms with Crippen molar-refractivity contribution in [2.24, 2.45) is 0 Å². The molecular weight excluding hydrogens is 301 g/mol. The van der Waals surface area contributed by atoms with Crippen LogP contribution >= 0.6 is 0 Å². The summed E-state index contributed by atoms with van der Waals surface area (Å²) in [5.74, 6) is 4.19. The van der Waals surface area contributed by atoms with E-state index >= 15 is 0 Å². The first-order valence-electron chi connectivity index (χ1n) is 7.15. The lowest BCUT2D eigenvalue weighted by atomic mass is 10.2. The second kappa shape index (κ2) is 8.18. The number of carbonyl (C=O) groups is 2. The first-order valence-corrected chi connectivity index (χ1v) is 7.15. The molecule has 0 atom stereocenters. The quantitative estimate of drug-likeness (QED) is 0.684. The van der Waals surface area contributed by atoms with E-state index in [9.17, 15) is 14.0 Å². The van der Waals surface area contributed by atoms with Gasteiger partial charge in [-0.1, -0.05) is 11.8 Å². The van der Waals surface area contributed by atoms with E-state index in [1.807, 2.05) is 0 Å². The third-order valence-electron chi connectivity index (χ3n) is 2.38. The Balaban J connectivity index is 2.70. The molecule has 0 saturated carbocycles. The van der Waals surface area contributed by atoms with E-state index < -0.39 is 23.5 Å². The number of rotatable bonds is 3. The molecule has 0 aliphatic carbocycles. The zero-order valence-electron chi connectivity index (χ0n) is 13.7. The van der Waals surface area contributed by atoms with Crippen LogP contribution in [-0.2, 0) is 14.3 Å². The Kier molecular flexibility index (Phi) is 6.58. The minimum Gasteiger partial charge on any atom is -0.465 e. The molecule has 124 valence electrons. The molecule has 1 aromatic carbocycles. The Morgan fingerprint density at radius 1 is 1.30 bits per heavy atom. The van der Waals surface area contributed by atoms with Crippen molar-refractivity contribution in [2.75, 3.05) is 11.9 Å². The van der Waals surface area contributed by atoms with Gasteiger partial charge >= 0.3 is 12.1 Å². The largest absolute Gasteiger partial charge is 0.465 e. The lowest BCUT2D eigenvalue weighted by Crippen LogP contribution is -2.27. The number of halogens is 1. The van der Waals surface area contributed by atoms with Crippen LogP contribution in [0.25, 0.3) is 0 Å². The molecule has 0 aromatic heterocycles. The third kappa shape index (κ3) is 7.32. The van der Waals surface area contributed by atoms with Crippen LogP contribution < -0.4 is 5.32 Å². The molecule has 5 nitrogen and oxygen atoms in total. The Morgan fingerprint density at radius 3 is 2.57 bits per heavy atom. The number of esters is 1. The van der Waals surface area contributed by atoms with E-state index in [-0.39, 0.29) is 12.1 Å². The van der Waals surface area contributed by atoms with Crippen LogP contribution in [-0.4, -0.2) is 24.3 Å². The highest BCUT2D eigenvalue weighted by Gasteiger charge is 2.17. The van der Waals surface area contributed by atoms with E-state index in [1.54, 1.807) is 27.7 Å². The topological polar surface area (TPSA) is 64.6 Å². The summed E-state index contributed by atoms with van der Waals surface area (Å²) >= 11 is 0. The molecule has 0 aliphatic heterocycles. The fraction of sp³-hybridized carbons (Fsp3) is 0.412. The molecule has 1 aromatic rings. The van der Waals surface area contributed by atoms with Gasteiger partial charge in [-0.2, -0.15) is 0 Å². The van der Waals surface area contributed by atoms with Gasteiger partial charge in [-0.05, 0) is 45.9 Å². The number of nitrogens with one attached hydrogen (secondary N) is 1. The van der Waals surface area contributed by atoms with Crippen molar-refractivity contribution in [2.45, 2.75) is 39.7 Å². The summed E-state index contributed by atoms with van der Waals surface area (Å²) in [5, 5.41) is 2.33. The molecule has 0 aliphatic rings. The van der Waals surface area contributed by atoms with Gasteiger partial charge in [0.2, 0.25) is 0 Å². The van der Waals surface area contributed by atoms with Gasteiger partial charge in [0, 0.05) is 5.56 Å². The van der Waals surface area contributed by atoms with Crippen LogP contribution in [0.2, 0.25) is 0 Å². The lowest BCUT2D eigenvalue weighted by Gasteiger charge is -2.19. The van der Waals surface area contributed by atoms with Gasteiger partial charge in [0.15, 0.2) is 0 Å². The van der Waals surface area contributed by atoms with E-state index in [0.717, 1.165) is 0 Å². The molecule has 1 amide bonds. The maximum Gasteiger partial charge on any atom is 0.412 e. The van der Waals surface area contributed by atoms with Gasteiger partial charge in [-0.3, -0.25) is 10.1 Å². The molecule has 0 unspecified atom stereocenters. The number of anilines is 1. The molecule has 1 N–H and O–H groups in total. The Labute approximate surface area is 135 Å². The van der Waals surface area contributed by atoms with E-state index in [0.29, 0.717) is 12.2 Å². The van der Waals surface area contributed by atoms with Gasteiger partial charge in [-0.15, -0.1) is 0 Å². The average molecular weight is 321 g/mol. The van der Waals surface area contributed by atoms with Gasteiger partial charge < -0.3 is 9.47 Å². The predicted molar refractivity (Wildman–Crippen MR) is 84.4 cm³/mol. The number of carbonyl (C=O) groups excluding carboxylic acids is 2. The first kappa shape index (κ1) is 18.5. The highest BCUT2D eigenvalue weighted by atomic mass is 19.1. The molecule has 0 saturated heterocycles. The van der Waals surface area contributed by atoms with Crippen molar-refractivity contribution in [1.29, 1.82) is 0 Å². The van der Waals surface area contributed by atoms with Gasteiger partial charge in [0.05, 0.1) is 12.3 Å². The Morgan fingerprint density at radius 2 is 2.00 bits per heavy atom. The molecule has 0 spiro atoms. The standard InChI is InChI=1S/C17H20FNO4/c1-5-22-15(20)8-6-7-12-9-10-14(13(18)11-12)19-16(21)23-17(2,3)4/h9-11H,5,8H2,1-4H3,(H,19,21). The fourth-order valence-electron chi connectivity index (χ4n) is 1.54. The van der Waals surface area contributed by atoms with E-state index in [4.69, 9.17) is 9.47 Å². The smallest absolute Gasteiger partial charge is 0.412 e. The summed E-state index contributed by atoms with van der Waals surface area (Å²) < 4.78 is 23.7. The number of ether oxygens (including phenoxy) is 2. The van der Waals surface area contributed by atoms with Gasteiger partial charge in [-0.25, -0.2) is 9.18 Å². The van der Waals surface area contributed by atoms with Crippen LogP contribution in [0.5, 0.6) is 0 Å². The molecule has 0 bridgehead atoms. The fourth-order valence-corrected chi connectivity index (χ4v) is 1.54. The Hall–Kier alpha value is -2.55. The van der Waals surface area contributed by atoms with E-state index in [2.05, 4.69) is 17.2 Å². The maximum absolute atomic E-state index is 13.9. The number of amides is 1. The molecule has 1 rings (SSSR count). The lowest BCUT2D eigenvalue weighted by molar-refractivity contribution is -0.141. The monoisotopic (exact) mass is 321 g/mol. The summed E-state index contributed by atoms with van der Waals surface area (Å²) in [5.41, 5.74) is -0.282. The van der Waals surface area contributed by atoms with Crippen LogP contribution in [0.4, 0.5) is 14.9 Å². The summed E-state index contributed by atoms with van der Waals surface area (Å²) in [4.78, 5) is 22.7. The zero-order chi connectivity index (χ0) is 17.5. The summed E-state index contributed by atoms with van der Waals surface area (Å²) in [6.45, 7) is 7.14. The number of hydrogen-bond acceptors (Lipinski definition) is 4. The number of benzene rings is 1. The van der Waals surface area contributed by atoms with Crippen molar-refractivity contribution in [3.8, 4) is 11.8 Å². The molecule has 23 heavy (non-hydrogen) atoms. The third-order valence-corrected chi connectivity index (χ3v) is 2.38. The number of hydrogen-bond donors (Lipinski definition) is 1. The van der Waals surface area contributed by atoms with Crippen molar-refractivity contribution >= 4 is 17.7 Å². The molecule has 0 fully saturated rings. The first-order chi connectivity index (χ1) is 10.7. The zero-order valence-corrected chi connectivity index (χ0v) is 13.7. The molecule has 0 heterocycles. The maximum atomic E-state index is 13.9. The minimum absolute atomic E-state index is 0.00445. The average Bonchev–Trinajstić information content (AvgIpc) is 2.40. The van der Waals surface area contributed by atoms with Crippen LogP contribution in [0.15, 0.2) is 18.2 Å². The van der Waals surface area contributed by atoms with Crippen molar-refractivity contribution in [1.82, 2.24) is 0 Å². The Bertz CT molecular complexity index is 638. The summed E-state index contributed by atoms with van der Waals surface area (Å²) in [7, 11) is 0. The van der Waals surface area contributed by atoms with Crippen LogP contribution in [0.3, 0.4) is 0 Å².